The van der Waals surface area contributed by atoms with Crippen molar-refractivity contribution in [1.29, 1.82) is 0 Å². The highest BCUT2D eigenvalue weighted by Crippen LogP contribution is 2.66. The van der Waals surface area contributed by atoms with E-state index in [1.807, 2.05) is 42.2 Å². The predicted octanol–water partition coefficient (Wildman–Crippen LogP) is 5.91. The molecular formula is C37H43N7O7S. The number of sulfone groups is 1. The van der Waals surface area contributed by atoms with Crippen LogP contribution >= 0.6 is 0 Å². The Hall–Kier alpha value is -5.05. The monoisotopic (exact) mass is 729 g/mol. The number of anilines is 4. The van der Waals surface area contributed by atoms with Crippen molar-refractivity contribution < 1.29 is 32.3 Å². The first kappa shape index (κ1) is 35.4. The summed E-state index contributed by atoms with van der Waals surface area (Å²) in [5.41, 5.74) is 0.961. The van der Waals surface area contributed by atoms with E-state index in [0.29, 0.717) is 59.4 Å². The standard InChI is InChI=1S/C37H43N7O7S/c1-21-9-12-27-25(17-21)37(32(45)43(27)33(46)50-35(3,4)5)20-26(37)23-10-11-24-28(18-23)44(34(47)51-36(6,7)8)41-31(24)40-29-19-30(39-22(2)38-29)42-13-15-52(48,49)16-14-42/h9-12,17-19,26H,13-16,20H2,1-8H3,(H,38,39,40,41)/t26-,37-/m0/s1. The number of aryl methyl sites for hydroxylation is 2. The van der Waals surface area contributed by atoms with Gasteiger partial charge in [-0.15, -0.1) is 5.10 Å². The number of hydrogen-bond acceptors (Lipinski definition) is 12. The maximum Gasteiger partial charge on any atom is 0.435 e. The Morgan fingerprint density at radius 3 is 2.25 bits per heavy atom. The van der Waals surface area contributed by atoms with Crippen molar-refractivity contribution in [3.63, 3.8) is 0 Å². The van der Waals surface area contributed by atoms with E-state index in [9.17, 15) is 22.8 Å². The molecular weight excluding hydrogens is 687 g/mol. The first-order valence-corrected chi connectivity index (χ1v) is 19.1. The van der Waals surface area contributed by atoms with Crippen LogP contribution in [0, 0.1) is 13.8 Å². The molecule has 0 unspecified atom stereocenters. The van der Waals surface area contributed by atoms with E-state index in [0.717, 1.165) is 21.6 Å². The lowest BCUT2D eigenvalue weighted by atomic mass is 9.91. The second-order valence-electron chi connectivity index (χ2n) is 15.8. The molecule has 2 amide bonds. The quantitative estimate of drug-likeness (QED) is 0.264. The van der Waals surface area contributed by atoms with E-state index < -0.39 is 38.6 Å². The summed E-state index contributed by atoms with van der Waals surface area (Å²) in [6.45, 7) is 14.9. The second kappa shape index (κ2) is 12.0. The number of nitrogens with zero attached hydrogens (tertiary/aromatic N) is 6. The lowest BCUT2D eigenvalue weighted by Gasteiger charge is -2.28. The summed E-state index contributed by atoms with van der Waals surface area (Å²) >= 11 is 0. The SMILES string of the molecule is Cc1ccc2c(c1)[C@]1(C[C@H]1c1ccc3c(Nc4cc(N5CCS(=O)(=O)CC5)nc(C)n4)nn(C(=O)OC(C)(C)C)c3c1)C(=O)N2C(=O)OC(C)(C)C. The highest BCUT2D eigenvalue weighted by atomic mass is 32.2. The van der Waals surface area contributed by atoms with Gasteiger partial charge in [-0.2, -0.15) is 4.68 Å². The minimum Gasteiger partial charge on any atom is -0.443 e. The Balaban J connectivity index is 1.26. The van der Waals surface area contributed by atoms with Crippen LogP contribution in [-0.2, 0) is 29.5 Å². The number of fused-ring (bicyclic) bond motifs is 3. The van der Waals surface area contributed by atoms with Gasteiger partial charge in [0.05, 0.1) is 28.1 Å². The number of rotatable bonds is 4. The maximum atomic E-state index is 14.3. The van der Waals surface area contributed by atoms with Crippen molar-refractivity contribution in [3.05, 3.63) is 65.0 Å². The molecule has 14 nitrogen and oxygen atoms in total. The lowest BCUT2D eigenvalue weighted by Crippen LogP contribution is -2.41. The third kappa shape index (κ3) is 6.46. The Bertz CT molecular complexity index is 2260. The van der Waals surface area contributed by atoms with Gasteiger partial charge >= 0.3 is 12.2 Å². The fourth-order valence-electron chi connectivity index (χ4n) is 7.04. The van der Waals surface area contributed by atoms with Gasteiger partial charge in [-0.3, -0.25) is 4.79 Å². The van der Waals surface area contributed by atoms with Gasteiger partial charge in [-0.05, 0) is 91.1 Å². The van der Waals surface area contributed by atoms with Crippen LogP contribution in [0.15, 0.2) is 42.5 Å². The number of hydrogen-bond donors (Lipinski definition) is 1. The van der Waals surface area contributed by atoms with E-state index in [1.54, 1.807) is 60.6 Å². The summed E-state index contributed by atoms with van der Waals surface area (Å²) in [7, 11) is -3.08. The molecule has 15 heteroatoms. The van der Waals surface area contributed by atoms with Crippen molar-refractivity contribution in [2.45, 2.75) is 84.3 Å². The number of amides is 2. The molecule has 2 aliphatic heterocycles. The van der Waals surface area contributed by atoms with Gasteiger partial charge in [-0.25, -0.2) is 32.9 Å². The van der Waals surface area contributed by atoms with Crippen LogP contribution in [0.25, 0.3) is 10.9 Å². The van der Waals surface area contributed by atoms with Crippen LogP contribution in [0.3, 0.4) is 0 Å². The average Bonchev–Trinajstić information content (AvgIpc) is 3.61. The summed E-state index contributed by atoms with van der Waals surface area (Å²) < 4.78 is 36.6. The molecule has 1 saturated heterocycles. The summed E-state index contributed by atoms with van der Waals surface area (Å²) in [4.78, 5) is 53.4. The third-order valence-corrected chi connectivity index (χ3v) is 11.0. The summed E-state index contributed by atoms with van der Waals surface area (Å²) in [5.74, 6) is 1.30. The molecule has 1 aliphatic carbocycles. The van der Waals surface area contributed by atoms with Crippen LogP contribution in [-0.4, -0.2) is 82.1 Å². The molecule has 2 atom stereocenters. The normalized spacial score (nSPS) is 21.0. The molecule has 2 aromatic heterocycles. The Labute approximate surface area is 302 Å². The topological polar surface area (TPSA) is 166 Å². The summed E-state index contributed by atoms with van der Waals surface area (Å²) in [6, 6.07) is 13.0. The van der Waals surface area contributed by atoms with E-state index >= 15 is 0 Å². The molecule has 2 aromatic carbocycles. The van der Waals surface area contributed by atoms with Crippen LogP contribution in [0.2, 0.25) is 0 Å². The number of benzene rings is 2. The van der Waals surface area contributed by atoms with Gasteiger partial charge in [0.15, 0.2) is 15.7 Å². The maximum absolute atomic E-state index is 14.3. The highest BCUT2D eigenvalue weighted by molar-refractivity contribution is 7.91. The van der Waals surface area contributed by atoms with Crippen molar-refractivity contribution in [3.8, 4) is 0 Å². The fraction of sp³-hybridized carbons (Fsp3) is 0.459. The minimum absolute atomic E-state index is 0.0458. The number of carbonyl (C=O) groups is 3. The van der Waals surface area contributed by atoms with Crippen LogP contribution in [0.5, 0.6) is 0 Å². The molecule has 1 saturated carbocycles. The van der Waals surface area contributed by atoms with Crippen molar-refractivity contribution >= 4 is 62.0 Å². The number of ether oxygens (including phenoxy) is 2. The zero-order valence-corrected chi connectivity index (χ0v) is 31.4. The van der Waals surface area contributed by atoms with Gasteiger partial charge in [0.2, 0.25) is 5.91 Å². The number of nitrogens with one attached hydrogen (secondary N) is 1. The van der Waals surface area contributed by atoms with E-state index in [-0.39, 0.29) is 23.3 Å². The minimum atomic E-state index is -3.08. The Morgan fingerprint density at radius 1 is 0.904 bits per heavy atom. The van der Waals surface area contributed by atoms with Crippen molar-refractivity contribution in [2.24, 2.45) is 0 Å². The molecule has 52 heavy (non-hydrogen) atoms. The predicted molar refractivity (Wildman–Crippen MR) is 196 cm³/mol. The number of aromatic nitrogens is 4. The second-order valence-corrected chi connectivity index (χ2v) is 18.1. The largest absolute Gasteiger partial charge is 0.443 e. The van der Waals surface area contributed by atoms with Gasteiger partial charge in [-0.1, -0.05) is 23.8 Å². The molecule has 1 spiro atoms. The molecule has 4 aromatic rings. The van der Waals surface area contributed by atoms with Gasteiger partial charge in [0, 0.05) is 30.5 Å². The Kier molecular flexibility index (Phi) is 8.16. The van der Waals surface area contributed by atoms with Crippen molar-refractivity contribution in [1.82, 2.24) is 19.7 Å². The van der Waals surface area contributed by atoms with Gasteiger partial charge in [0.25, 0.3) is 0 Å². The summed E-state index contributed by atoms with van der Waals surface area (Å²) in [6.07, 6.45) is -0.927. The first-order valence-electron chi connectivity index (χ1n) is 17.3. The lowest BCUT2D eigenvalue weighted by molar-refractivity contribution is -0.120. The molecule has 0 bridgehead atoms. The van der Waals surface area contributed by atoms with Crippen molar-refractivity contribution in [2.75, 3.05) is 39.7 Å². The molecule has 0 radical (unpaired) electrons. The first-order chi connectivity index (χ1) is 24.2. The average molecular weight is 730 g/mol. The number of imide groups is 1. The van der Waals surface area contributed by atoms with Crippen LogP contribution in [0.1, 0.15) is 76.4 Å². The highest BCUT2D eigenvalue weighted by Gasteiger charge is 2.68. The molecule has 1 N–H and O–H groups in total. The van der Waals surface area contributed by atoms with E-state index in [4.69, 9.17) is 9.47 Å². The van der Waals surface area contributed by atoms with Crippen LogP contribution < -0.4 is 15.1 Å². The summed E-state index contributed by atoms with van der Waals surface area (Å²) in [5, 5.41) is 8.50. The molecule has 4 heterocycles. The zero-order chi connectivity index (χ0) is 37.5. The Morgan fingerprint density at radius 2 is 1.58 bits per heavy atom. The smallest absolute Gasteiger partial charge is 0.435 e. The third-order valence-electron chi connectivity index (χ3n) is 9.41. The molecule has 7 rings (SSSR count). The molecule has 274 valence electrons. The van der Waals surface area contributed by atoms with Gasteiger partial charge < -0.3 is 19.7 Å². The number of carbonyl (C=O) groups excluding carboxylic acids is 3. The van der Waals surface area contributed by atoms with E-state index in [2.05, 4.69) is 20.4 Å². The van der Waals surface area contributed by atoms with Crippen LogP contribution in [0.4, 0.5) is 32.7 Å². The zero-order valence-electron chi connectivity index (χ0n) is 30.6. The van der Waals surface area contributed by atoms with Gasteiger partial charge in [0.1, 0.15) is 28.7 Å². The fourth-order valence-corrected chi connectivity index (χ4v) is 8.24. The molecule has 3 aliphatic rings. The molecule has 2 fully saturated rings. The van der Waals surface area contributed by atoms with E-state index in [1.165, 1.54) is 4.68 Å².